The number of methoxy groups -OCH3 is 1. The van der Waals surface area contributed by atoms with Crippen LogP contribution in [-0.2, 0) is 0 Å². The van der Waals surface area contributed by atoms with Crippen LogP contribution >= 0.6 is 11.3 Å². The quantitative estimate of drug-likeness (QED) is 0.554. The van der Waals surface area contributed by atoms with E-state index in [0.29, 0.717) is 15.9 Å². The van der Waals surface area contributed by atoms with Gasteiger partial charge in [-0.15, -0.1) is 11.3 Å². The number of fused-ring (bicyclic) bond motifs is 3. The molecule has 26 heavy (non-hydrogen) atoms. The van der Waals surface area contributed by atoms with Crippen molar-refractivity contribution in [2.45, 2.75) is 0 Å². The molecular weight excluding hydrogens is 355 g/mol. The van der Waals surface area contributed by atoms with Crippen LogP contribution in [-0.4, -0.2) is 35.7 Å². The molecule has 0 spiro atoms. The number of ether oxygens (including phenoxy) is 1. The molecule has 132 valence electrons. The van der Waals surface area contributed by atoms with Gasteiger partial charge in [0.2, 0.25) is 0 Å². The lowest BCUT2D eigenvalue weighted by molar-refractivity contribution is 0.386. The van der Waals surface area contributed by atoms with Crippen molar-refractivity contribution in [3.8, 4) is 11.4 Å². The lowest BCUT2D eigenvalue weighted by Gasteiger charge is -2.13. The van der Waals surface area contributed by atoms with E-state index < -0.39 is 5.82 Å². The molecule has 0 fully saturated rings. The molecule has 0 atom stereocenters. The predicted octanol–water partition coefficient (Wildman–Crippen LogP) is 3.21. The summed E-state index contributed by atoms with van der Waals surface area (Å²) in [5, 5.41) is 0.898. The second-order valence-electron chi connectivity index (χ2n) is 5.94. The first kappa shape index (κ1) is 16.5. The zero-order chi connectivity index (χ0) is 18.4. The summed E-state index contributed by atoms with van der Waals surface area (Å²) in [6, 6.07) is 4.37. The van der Waals surface area contributed by atoms with Crippen molar-refractivity contribution in [2.75, 3.05) is 26.1 Å². The summed E-state index contributed by atoms with van der Waals surface area (Å²) in [6.07, 6.45) is 4.91. The third-order valence-electron chi connectivity index (χ3n) is 4.17. The Morgan fingerprint density at radius 2 is 2.08 bits per heavy atom. The summed E-state index contributed by atoms with van der Waals surface area (Å²) >= 11 is 1.34. The molecule has 0 unspecified atom stereocenters. The van der Waals surface area contributed by atoms with Crippen molar-refractivity contribution in [2.24, 2.45) is 0 Å². The highest BCUT2D eigenvalue weighted by Crippen LogP contribution is 2.35. The number of anilines is 1. The monoisotopic (exact) mass is 370 g/mol. The van der Waals surface area contributed by atoms with Crippen molar-refractivity contribution >= 4 is 37.3 Å². The van der Waals surface area contributed by atoms with Crippen molar-refractivity contribution in [3.05, 3.63) is 53.1 Å². The summed E-state index contributed by atoms with van der Waals surface area (Å²) < 4.78 is 21.7. The van der Waals surface area contributed by atoms with E-state index in [2.05, 4.69) is 9.97 Å². The number of pyridine rings is 1. The molecule has 0 saturated carbocycles. The first-order chi connectivity index (χ1) is 12.5. The Bertz CT molecular complexity index is 1200. The lowest BCUT2D eigenvalue weighted by Crippen LogP contribution is -2.18. The normalized spacial score (nSPS) is 11.2. The molecule has 6 nitrogen and oxygen atoms in total. The van der Waals surface area contributed by atoms with Crippen LogP contribution in [0, 0.1) is 5.82 Å². The van der Waals surface area contributed by atoms with E-state index in [4.69, 9.17) is 4.74 Å². The minimum absolute atomic E-state index is 0.124. The zero-order valence-electron chi connectivity index (χ0n) is 14.4. The first-order valence-corrected chi connectivity index (χ1v) is 8.62. The summed E-state index contributed by atoms with van der Waals surface area (Å²) in [7, 11) is 5.23. The summed E-state index contributed by atoms with van der Waals surface area (Å²) in [5.74, 6) is -0.410. The van der Waals surface area contributed by atoms with Gasteiger partial charge in [-0.2, -0.15) is 0 Å². The number of thiophene rings is 1. The van der Waals surface area contributed by atoms with Gasteiger partial charge in [0.05, 0.1) is 34.9 Å². The number of aromatic nitrogens is 3. The van der Waals surface area contributed by atoms with E-state index in [0.717, 1.165) is 15.8 Å². The number of hydrogen-bond donors (Lipinski definition) is 0. The van der Waals surface area contributed by atoms with Gasteiger partial charge in [0.25, 0.3) is 5.56 Å². The van der Waals surface area contributed by atoms with Crippen LogP contribution in [0.3, 0.4) is 0 Å². The van der Waals surface area contributed by atoms with Gasteiger partial charge in [-0.25, -0.2) is 9.37 Å². The molecule has 4 rings (SSSR count). The van der Waals surface area contributed by atoms with E-state index in [-0.39, 0.29) is 11.3 Å². The maximum absolute atomic E-state index is 14.0. The predicted molar refractivity (Wildman–Crippen MR) is 101 cm³/mol. The number of rotatable bonds is 3. The lowest BCUT2D eigenvalue weighted by atomic mass is 10.2. The van der Waals surface area contributed by atoms with Crippen LogP contribution in [0.1, 0.15) is 0 Å². The van der Waals surface area contributed by atoms with E-state index in [1.807, 2.05) is 19.0 Å². The highest BCUT2D eigenvalue weighted by molar-refractivity contribution is 7.25. The fourth-order valence-electron chi connectivity index (χ4n) is 2.89. The largest absolute Gasteiger partial charge is 0.494 e. The molecule has 3 aromatic heterocycles. The average molecular weight is 370 g/mol. The van der Waals surface area contributed by atoms with Crippen molar-refractivity contribution < 1.29 is 9.13 Å². The minimum atomic E-state index is -0.535. The van der Waals surface area contributed by atoms with E-state index in [1.54, 1.807) is 18.5 Å². The molecule has 4 aromatic rings. The Labute approximate surface area is 152 Å². The Balaban J connectivity index is 1.99. The Hall–Kier alpha value is -3.00. The van der Waals surface area contributed by atoms with E-state index in [9.17, 15) is 9.18 Å². The highest BCUT2D eigenvalue weighted by atomic mass is 32.1. The summed E-state index contributed by atoms with van der Waals surface area (Å²) in [5.41, 5.74) is 1.68. The van der Waals surface area contributed by atoms with E-state index >= 15 is 0 Å². The van der Waals surface area contributed by atoms with Gasteiger partial charge >= 0.3 is 0 Å². The van der Waals surface area contributed by atoms with Crippen LogP contribution in [0.15, 0.2) is 41.7 Å². The molecule has 1 aromatic carbocycles. The van der Waals surface area contributed by atoms with Crippen molar-refractivity contribution in [1.29, 1.82) is 0 Å². The topological polar surface area (TPSA) is 60.2 Å². The Kier molecular flexibility index (Phi) is 3.84. The van der Waals surface area contributed by atoms with Crippen LogP contribution in [0.4, 0.5) is 10.1 Å². The smallest absolute Gasteiger partial charge is 0.275 e. The third kappa shape index (κ3) is 2.41. The SMILES string of the molecule is COc1ccc(-n2cnc3c(sc4cncc(N(C)C)c43)c2=O)cc1F. The van der Waals surface area contributed by atoms with Gasteiger partial charge in [-0.1, -0.05) is 0 Å². The van der Waals surface area contributed by atoms with Gasteiger partial charge in [0, 0.05) is 31.7 Å². The van der Waals surface area contributed by atoms with Gasteiger partial charge in [-0.05, 0) is 12.1 Å². The number of benzene rings is 1. The summed E-state index contributed by atoms with van der Waals surface area (Å²) in [6.45, 7) is 0. The number of nitrogens with zero attached hydrogens (tertiary/aromatic N) is 4. The molecule has 0 aliphatic rings. The molecular formula is C18H15FN4O2S. The molecule has 0 radical (unpaired) electrons. The van der Waals surface area contributed by atoms with E-state index in [1.165, 1.54) is 41.5 Å². The molecule has 3 heterocycles. The molecule has 0 aliphatic carbocycles. The maximum atomic E-state index is 14.0. The fraction of sp³-hybridized carbons (Fsp3) is 0.167. The van der Waals surface area contributed by atoms with Crippen LogP contribution in [0.2, 0.25) is 0 Å². The van der Waals surface area contributed by atoms with Crippen LogP contribution in [0.25, 0.3) is 26.0 Å². The Morgan fingerprint density at radius 1 is 1.27 bits per heavy atom. The molecule has 8 heteroatoms. The summed E-state index contributed by atoms with van der Waals surface area (Å²) in [4.78, 5) is 23.7. The third-order valence-corrected chi connectivity index (χ3v) is 5.27. The molecule has 0 saturated heterocycles. The zero-order valence-corrected chi connectivity index (χ0v) is 15.2. The second-order valence-corrected chi connectivity index (χ2v) is 7.00. The maximum Gasteiger partial charge on any atom is 0.275 e. The minimum Gasteiger partial charge on any atom is -0.494 e. The van der Waals surface area contributed by atoms with Gasteiger partial charge in [0.1, 0.15) is 11.0 Å². The standard InChI is InChI=1S/C18H15FN4O2S/c1-22(2)12-7-20-8-14-15(12)16-17(26-14)18(24)23(9-21-16)10-4-5-13(25-3)11(19)6-10/h4-9H,1-3H3. The molecule has 0 bridgehead atoms. The number of halogens is 1. The van der Waals surface area contributed by atoms with Gasteiger partial charge in [-0.3, -0.25) is 14.3 Å². The second kappa shape index (κ2) is 6.06. The van der Waals surface area contributed by atoms with Gasteiger partial charge in [0.15, 0.2) is 11.6 Å². The van der Waals surface area contributed by atoms with Crippen LogP contribution in [0.5, 0.6) is 5.75 Å². The van der Waals surface area contributed by atoms with Gasteiger partial charge < -0.3 is 9.64 Å². The van der Waals surface area contributed by atoms with Crippen molar-refractivity contribution in [3.63, 3.8) is 0 Å². The highest BCUT2D eigenvalue weighted by Gasteiger charge is 2.17. The fourth-order valence-corrected chi connectivity index (χ4v) is 3.97. The first-order valence-electron chi connectivity index (χ1n) is 7.80. The molecule has 0 amide bonds. The average Bonchev–Trinajstić information content (AvgIpc) is 3.01. The van der Waals surface area contributed by atoms with Crippen molar-refractivity contribution in [1.82, 2.24) is 14.5 Å². The van der Waals surface area contributed by atoms with Crippen LogP contribution < -0.4 is 15.2 Å². The number of hydrogen-bond acceptors (Lipinski definition) is 6. The molecule has 0 N–H and O–H groups in total. The Morgan fingerprint density at radius 3 is 2.77 bits per heavy atom. The molecule has 0 aliphatic heterocycles.